The Kier molecular flexibility index (Phi) is 3.33. The van der Waals surface area contributed by atoms with Crippen LogP contribution in [-0.2, 0) is 4.74 Å². The topological polar surface area (TPSA) is 144 Å². The summed E-state index contributed by atoms with van der Waals surface area (Å²) in [5.41, 5.74) is -0.338. The van der Waals surface area contributed by atoms with Gasteiger partial charge in [-0.05, 0) is 0 Å². The van der Waals surface area contributed by atoms with Gasteiger partial charge < -0.3 is 25.0 Å². The van der Waals surface area contributed by atoms with Crippen LogP contribution in [0.4, 0.5) is 0 Å². The quantitative estimate of drug-likeness (QED) is 0.426. The fraction of sp³-hybridized carbons (Fsp3) is 0.417. The number of hydrogen-bond acceptors (Lipinski definition) is 7. The molecule has 112 valence electrons. The minimum Gasteiger partial charge on any atom is -0.394 e. The van der Waals surface area contributed by atoms with Gasteiger partial charge in [0.05, 0.1) is 6.61 Å². The molecular formula is C12H14N4O5. The second-order valence-electron chi connectivity index (χ2n) is 4.79. The molecule has 0 saturated carbocycles. The van der Waals surface area contributed by atoms with E-state index in [2.05, 4.69) is 9.97 Å². The third kappa shape index (κ3) is 2.07. The largest absolute Gasteiger partial charge is 0.394 e. The van der Waals surface area contributed by atoms with Crippen molar-refractivity contribution in [2.24, 2.45) is 0 Å². The summed E-state index contributed by atoms with van der Waals surface area (Å²) < 4.78 is 6.73. The number of rotatable bonds is 2. The minimum atomic E-state index is -1.29. The zero-order valence-corrected chi connectivity index (χ0v) is 10.8. The van der Waals surface area contributed by atoms with Gasteiger partial charge in [0.1, 0.15) is 35.7 Å². The number of fused-ring (bicyclic) bond motifs is 1. The van der Waals surface area contributed by atoms with E-state index in [4.69, 9.17) is 15.3 Å². The molecule has 2 aromatic rings. The van der Waals surface area contributed by atoms with Gasteiger partial charge in [-0.25, -0.2) is 4.98 Å². The monoisotopic (exact) mass is 294 g/mol. The number of aliphatic hydroxyl groups is 3. The van der Waals surface area contributed by atoms with Crippen molar-refractivity contribution in [2.75, 3.05) is 6.61 Å². The van der Waals surface area contributed by atoms with Gasteiger partial charge in [0.2, 0.25) is 0 Å². The van der Waals surface area contributed by atoms with Crippen molar-refractivity contribution in [3.8, 4) is 0 Å². The molecule has 9 nitrogen and oxygen atoms in total. The summed E-state index contributed by atoms with van der Waals surface area (Å²) in [6, 6.07) is 1.27. The van der Waals surface area contributed by atoms with Gasteiger partial charge in [0.25, 0.3) is 0 Å². The van der Waals surface area contributed by atoms with Gasteiger partial charge in [-0.1, -0.05) is 0 Å². The second-order valence-corrected chi connectivity index (χ2v) is 4.79. The maximum atomic E-state index is 11.8. The molecule has 1 unspecified atom stereocenters. The Hall–Kier alpha value is -2.07. The maximum Gasteiger partial charge on any atom is 0.194 e. The predicted octanol–water partition coefficient (Wildman–Crippen LogP) is -2.18. The summed E-state index contributed by atoms with van der Waals surface area (Å²) in [6.45, 7) is -0.451. The Morgan fingerprint density at radius 2 is 2.19 bits per heavy atom. The highest BCUT2D eigenvalue weighted by molar-refractivity contribution is 5.72. The van der Waals surface area contributed by atoms with Crippen molar-refractivity contribution in [1.29, 1.82) is 5.41 Å². The fourth-order valence-electron chi connectivity index (χ4n) is 2.45. The molecule has 0 amide bonds. The molecule has 5 N–H and O–H groups in total. The number of aromatic nitrogens is 3. The zero-order chi connectivity index (χ0) is 15.1. The van der Waals surface area contributed by atoms with E-state index in [1.54, 1.807) is 0 Å². The molecule has 1 aliphatic heterocycles. The summed E-state index contributed by atoms with van der Waals surface area (Å²) in [7, 11) is 0. The number of nitrogens with zero attached hydrogens (tertiary/aromatic N) is 2. The summed E-state index contributed by atoms with van der Waals surface area (Å²) in [6.07, 6.45) is -1.86. The maximum absolute atomic E-state index is 11.8. The first-order valence-corrected chi connectivity index (χ1v) is 6.30. The molecule has 1 fully saturated rings. The third-order valence-electron chi connectivity index (χ3n) is 3.54. The van der Waals surface area contributed by atoms with Crippen LogP contribution in [0.3, 0.4) is 0 Å². The van der Waals surface area contributed by atoms with Crippen LogP contribution < -0.4 is 10.9 Å². The van der Waals surface area contributed by atoms with Crippen LogP contribution in [0.1, 0.15) is 6.23 Å². The molecule has 0 radical (unpaired) electrons. The first kappa shape index (κ1) is 13.9. The average Bonchev–Trinajstić information content (AvgIpc) is 2.76. The first-order valence-electron chi connectivity index (χ1n) is 6.30. The summed E-state index contributed by atoms with van der Waals surface area (Å²) in [4.78, 5) is 18.5. The van der Waals surface area contributed by atoms with Crippen LogP contribution in [0.15, 0.2) is 23.4 Å². The van der Waals surface area contributed by atoms with Crippen LogP contribution >= 0.6 is 0 Å². The van der Waals surface area contributed by atoms with E-state index in [0.717, 1.165) is 0 Å². The molecule has 0 aliphatic carbocycles. The highest BCUT2D eigenvalue weighted by Gasteiger charge is 2.43. The number of nitrogens with one attached hydrogen (secondary N) is 2. The SMILES string of the molecule is N=c1ncn(C2O[C@H](CO)[C@@H](O)[C@H]2O)c2[nH]ccc(=O)c12. The van der Waals surface area contributed by atoms with Crippen molar-refractivity contribution in [1.82, 2.24) is 14.5 Å². The molecule has 0 bridgehead atoms. The standard InChI is InChI=1S/C12H14N4O5/c13-10-7-5(18)1-2-14-11(7)16(4-15-10)12-9(20)8(19)6(3-17)21-12/h1-2,4,6,8-9,12-13,17,19-20H,3H2,(H,14,18)/t6-,8-,9-,12?/m1/s1. The highest BCUT2D eigenvalue weighted by atomic mass is 16.6. The fourth-order valence-corrected chi connectivity index (χ4v) is 2.45. The molecule has 2 aromatic heterocycles. The highest BCUT2D eigenvalue weighted by Crippen LogP contribution is 2.29. The lowest BCUT2D eigenvalue weighted by atomic mass is 10.1. The molecule has 9 heteroatoms. The van der Waals surface area contributed by atoms with E-state index >= 15 is 0 Å². The molecular weight excluding hydrogens is 280 g/mol. The molecule has 21 heavy (non-hydrogen) atoms. The Balaban J connectivity index is 2.19. The van der Waals surface area contributed by atoms with Crippen LogP contribution in [0.5, 0.6) is 0 Å². The lowest BCUT2D eigenvalue weighted by Gasteiger charge is -2.19. The molecule has 1 saturated heterocycles. The summed E-state index contributed by atoms with van der Waals surface area (Å²) in [5, 5.41) is 36.7. The predicted molar refractivity (Wildman–Crippen MR) is 69.2 cm³/mol. The Labute approximate surface area is 117 Å². The Morgan fingerprint density at radius 1 is 1.43 bits per heavy atom. The molecule has 0 aromatic carbocycles. The van der Waals surface area contributed by atoms with Crippen molar-refractivity contribution < 1.29 is 20.1 Å². The number of aliphatic hydroxyl groups excluding tert-OH is 3. The summed E-state index contributed by atoms with van der Waals surface area (Å²) >= 11 is 0. The lowest BCUT2D eigenvalue weighted by molar-refractivity contribution is -0.0515. The molecule has 0 spiro atoms. The number of aromatic amines is 1. The van der Waals surface area contributed by atoms with Gasteiger partial charge in [0, 0.05) is 12.3 Å². The molecule has 3 rings (SSSR count). The van der Waals surface area contributed by atoms with Crippen molar-refractivity contribution in [2.45, 2.75) is 24.5 Å². The van der Waals surface area contributed by atoms with Gasteiger partial charge in [-0.3, -0.25) is 14.8 Å². The number of pyridine rings is 1. The van der Waals surface area contributed by atoms with Gasteiger partial charge in [0.15, 0.2) is 17.1 Å². The van der Waals surface area contributed by atoms with Gasteiger partial charge >= 0.3 is 0 Å². The van der Waals surface area contributed by atoms with Crippen molar-refractivity contribution in [3.05, 3.63) is 34.3 Å². The van der Waals surface area contributed by atoms with Crippen molar-refractivity contribution >= 4 is 11.0 Å². The minimum absolute atomic E-state index is 0.0535. The van der Waals surface area contributed by atoms with E-state index in [0.29, 0.717) is 0 Å². The second kappa shape index (κ2) is 5.04. The molecule has 1 aliphatic rings. The number of H-pyrrole nitrogens is 1. The Bertz CT molecular complexity index is 772. The van der Waals surface area contributed by atoms with E-state index in [9.17, 15) is 15.0 Å². The normalized spacial score (nSPS) is 29.1. The number of ether oxygens (including phenoxy) is 1. The average molecular weight is 294 g/mol. The van der Waals surface area contributed by atoms with Crippen LogP contribution in [0.25, 0.3) is 11.0 Å². The molecule has 4 atom stereocenters. The van der Waals surface area contributed by atoms with Gasteiger partial charge in [-0.2, -0.15) is 0 Å². The van der Waals surface area contributed by atoms with E-state index in [-0.39, 0.29) is 21.9 Å². The molecule has 3 heterocycles. The Morgan fingerprint density at radius 3 is 2.86 bits per heavy atom. The van der Waals surface area contributed by atoms with E-state index in [1.807, 2.05) is 0 Å². The smallest absolute Gasteiger partial charge is 0.194 e. The third-order valence-corrected chi connectivity index (χ3v) is 3.54. The van der Waals surface area contributed by atoms with Crippen LogP contribution in [-0.4, -0.2) is 54.8 Å². The van der Waals surface area contributed by atoms with E-state index < -0.39 is 31.1 Å². The summed E-state index contributed by atoms with van der Waals surface area (Å²) in [5.74, 6) is 0. The van der Waals surface area contributed by atoms with E-state index in [1.165, 1.54) is 23.2 Å². The lowest BCUT2D eigenvalue weighted by Crippen LogP contribution is -2.33. The van der Waals surface area contributed by atoms with Crippen LogP contribution in [0.2, 0.25) is 0 Å². The van der Waals surface area contributed by atoms with Crippen LogP contribution in [0, 0.1) is 5.41 Å². The number of hydrogen-bond donors (Lipinski definition) is 5. The van der Waals surface area contributed by atoms with Gasteiger partial charge in [-0.15, -0.1) is 0 Å². The zero-order valence-electron chi connectivity index (χ0n) is 10.8. The van der Waals surface area contributed by atoms with Crippen molar-refractivity contribution in [3.63, 3.8) is 0 Å². The first-order chi connectivity index (χ1) is 10.0.